The van der Waals surface area contributed by atoms with Crippen molar-refractivity contribution in [2.75, 3.05) is 0 Å². The molecule has 2 rings (SSSR count). The largest absolute Gasteiger partial charge is 0.285 e. The van der Waals surface area contributed by atoms with Gasteiger partial charge in [-0.15, -0.1) is 10.2 Å². The summed E-state index contributed by atoms with van der Waals surface area (Å²) >= 11 is 0. The summed E-state index contributed by atoms with van der Waals surface area (Å²) < 4.78 is 0. The highest BCUT2D eigenvalue weighted by Gasteiger charge is 2.27. The van der Waals surface area contributed by atoms with Crippen molar-refractivity contribution in [1.82, 2.24) is 0 Å². The Labute approximate surface area is 66.7 Å². The number of amides is 1. The fourth-order valence-electron chi connectivity index (χ4n) is 0.869. The number of rotatable bonds is 0. The molecule has 0 aliphatic carbocycles. The van der Waals surface area contributed by atoms with Gasteiger partial charge in [0.05, 0.1) is 0 Å². The number of hydrogen-bond acceptors (Lipinski definition) is 5. The minimum Gasteiger partial charge on any atom is -0.266 e. The van der Waals surface area contributed by atoms with E-state index in [0.29, 0.717) is 0 Å². The monoisotopic (exact) mass is 159 g/mol. The molecular weight excluding hydrogens is 158 g/mol. The standard InChI is InChI=1S/C6HN5O/c7-1-3-4-5(11-10-3)8-2-9-6(4)12/h2H. The molecule has 0 atom stereocenters. The van der Waals surface area contributed by atoms with Gasteiger partial charge in [-0.25, -0.2) is 4.99 Å². The van der Waals surface area contributed by atoms with Gasteiger partial charge in [-0.2, -0.15) is 10.3 Å². The zero-order valence-corrected chi connectivity index (χ0v) is 5.72. The highest BCUT2D eigenvalue weighted by molar-refractivity contribution is 6.27. The molecule has 0 saturated heterocycles. The van der Waals surface area contributed by atoms with E-state index in [2.05, 4.69) is 20.2 Å². The first-order valence-corrected chi connectivity index (χ1v) is 3.04. The molecule has 2 heterocycles. The number of allylic oxidation sites excluding steroid dienone is 1. The average Bonchev–Trinajstić information content (AvgIpc) is 2.49. The maximum absolute atomic E-state index is 11.0. The molecule has 12 heavy (non-hydrogen) atoms. The number of fused-ring (bicyclic) bond motifs is 1. The van der Waals surface area contributed by atoms with E-state index in [9.17, 15) is 4.79 Å². The van der Waals surface area contributed by atoms with E-state index in [-0.39, 0.29) is 17.1 Å². The van der Waals surface area contributed by atoms with Crippen LogP contribution in [0.15, 0.2) is 31.5 Å². The number of nitrogens with zero attached hydrogens (tertiary/aromatic N) is 5. The van der Waals surface area contributed by atoms with Crippen LogP contribution < -0.4 is 0 Å². The van der Waals surface area contributed by atoms with Gasteiger partial charge in [-0.3, -0.25) is 4.79 Å². The number of azo groups is 1. The Bertz CT molecular complexity index is 420. The minimum absolute atomic E-state index is 0.0180. The van der Waals surface area contributed by atoms with E-state index < -0.39 is 5.91 Å². The van der Waals surface area contributed by atoms with Gasteiger partial charge in [0.15, 0.2) is 11.5 Å². The molecule has 0 saturated carbocycles. The van der Waals surface area contributed by atoms with Crippen LogP contribution in [0.2, 0.25) is 0 Å². The quantitative estimate of drug-likeness (QED) is 0.505. The van der Waals surface area contributed by atoms with Crippen molar-refractivity contribution in [3.05, 3.63) is 11.3 Å². The fraction of sp³-hybridized carbons (Fsp3) is 0. The summed E-state index contributed by atoms with van der Waals surface area (Å²) in [7, 11) is 0. The SMILES string of the molecule is N#CC1=C2C(=O)N=CN=C2N=N1. The molecule has 0 N–H and O–H groups in total. The lowest BCUT2D eigenvalue weighted by molar-refractivity contribution is -0.113. The zero-order chi connectivity index (χ0) is 8.55. The van der Waals surface area contributed by atoms with Gasteiger partial charge >= 0.3 is 0 Å². The van der Waals surface area contributed by atoms with Crippen molar-refractivity contribution >= 4 is 18.1 Å². The molecule has 0 aromatic heterocycles. The number of amidine groups is 1. The van der Waals surface area contributed by atoms with Crippen LogP contribution in [0.1, 0.15) is 0 Å². The van der Waals surface area contributed by atoms with Crippen LogP contribution in [0, 0.1) is 11.3 Å². The maximum Gasteiger partial charge on any atom is 0.285 e. The summed E-state index contributed by atoms with van der Waals surface area (Å²) in [6.45, 7) is 0. The molecule has 0 aromatic carbocycles. The fourth-order valence-corrected chi connectivity index (χ4v) is 0.869. The second-order valence-corrected chi connectivity index (χ2v) is 2.04. The van der Waals surface area contributed by atoms with Gasteiger partial charge in [0.2, 0.25) is 0 Å². The number of carbonyl (C=O) groups excluding carboxylic acids is 1. The number of nitriles is 1. The summed E-state index contributed by atoms with van der Waals surface area (Å²) in [6, 6.07) is 1.74. The zero-order valence-electron chi connectivity index (χ0n) is 5.72. The molecule has 0 unspecified atom stereocenters. The molecule has 0 spiro atoms. The lowest BCUT2D eigenvalue weighted by atomic mass is 10.2. The van der Waals surface area contributed by atoms with Crippen LogP contribution >= 0.6 is 0 Å². The Balaban J connectivity index is 2.63. The second kappa shape index (κ2) is 2.17. The molecule has 0 radical (unpaired) electrons. The van der Waals surface area contributed by atoms with Gasteiger partial charge in [-0.1, -0.05) is 0 Å². The van der Waals surface area contributed by atoms with Gasteiger partial charge in [0.25, 0.3) is 5.91 Å². The number of hydrogen-bond donors (Lipinski definition) is 0. The Morgan fingerprint density at radius 2 is 2.25 bits per heavy atom. The predicted molar refractivity (Wildman–Crippen MR) is 38.4 cm³/mol. The van der Waals surface area contributed by atoms with E-state index in [4.69, 9.17) is 5.26 Å². The van der Waals surface area contributed by atoms with Crippen LogP contribution in [0.5, 0.6) is 0 Å². The van der Waals surface area contributed by atoms with E-state index in [1.807, 2.05) is 0 Å². The van der Waals surface area contributed by atoms with Crippen LogP contribution in [0.25, 0.3) is 0 Å². The van der Waals surface area contributed by atoms with Crippen molar-refractivity contribution in [2.24, 2.45) is 20.2 Å². The van der Waals surface area contributed by atoms with Gasteiger partial charge < -0.3 is 0 Å². The first-order valence-electron chi connectivity index (χ1n) is 3.04. The Hall–Kier alpha value is -2.16. The number of aliphatic imine (C=N–C) groups is 2. The van der Waals surface area contributed by atoms with Gasteiger partial charge in [0, 0.05) is 0 Å². The van der Waals surface area contributed by atoms with Crippen LogP contribution in [0.4, 0.5) is 0 Å². The van der Waals surface area contributed by atoms with Crippen molar-refractivity contribution in [3.8, 4) is 6.07 Å². The van der Waals surface area contributed by atoms with Crippen LogP contribution in [-0.4, -0.2) is 18.1 Å². The molecule has 0 fully saturated rings. The normalized spacial score (nSPS) is 19.2. The van der Waals surface area contributed by atoms with Crippen LogP contribution in [0.3, 0.4) is 0 Å². The Morgan fingerprint density at radius 1 is 1.42 bits per heavy atom. The van der Waals surface area contributed by atoms with Crippen molar-refractivity contribution in [1.29, 1.82) is 5.26 Å². The van der Waals surface area contributed by atoms with E-state index in [1.54, 1.807) is 6.07 Å². The molecule has 0 bridgehead atoms. The summed E-state index contributed by atoms with van der Waals surface area (Å²) in [6.07, 6.45) is 1.10. The topological polar surface area (TPSA) is 90.3 Å². The third-order valence-electron chi connectivity index (χ3n) is 1.38. The minimum atomic E-state index is -0.512. The maximum atomic E-state index is 11.0. The smallest absolute Gasteiger partial charge is 0.266 e. The third-order valence-corrected chi connectivity index (χ3v) is 1.38. The van der Waals surface area contributed by atoms with Crippen molar-refractivity contribution < 1.29 is 4.79 Å². The van der Waals surface area contributed by atoms with Crippen LogP contribution in [-0.2, 0) is 4.79 Å². The highest BCUT2D eigenvalue weighted by Crippen LogP contribution is 2.19. The molecule has 6 heteroatoms. The summed E-state index contributed by atoms with van der Waals surface area (Å²) in [5.41, 5.74) is 0.0793. The molecule has 2 aliphatic heterocycles. The summed E-state index contributed by atoms with van der Waals surface area (Å²) in [4.78, 5) is 18.1. The molecule has 6 nitrogen and oxygen atoms in total. The lowest BCUT2D eigenvalue weighted by Crippen LogP contribution is -2.12. The Kier molecular flexibility index (Phi) is 1.18. The third kappa shape index (κ3) is 0.703. The van der Waals surface area contributed by atoms with E-state index >= 15 is 0 Å². The molecule has 2 aliphatic rings. The first-order chi connectivity index (χ1) is 5.83. The highest BCUT2D eigenvalue weighted by atomic mass is 16.1. The van der Waals surface area contributed by atoms with Crippen molar-refractivity contribution in [3.63, 3.8) is 0 Å². The molecule has 1 amide bonds. The number of carbonyl (C=O) groups is 1. The molecular formula is C6HN5O. The predicted octanol–water partition coefficient (Wildman–Crippen LogP) is 0.197. The molecule has 56 valence electrons. The summed E-state index contributed by atoms with van der Waals surface area (Å²) in [5.74, 6) is -0.340. The Morgan fingerprint density at radius 3 is 3.00 bits per heavy atom. The van der Waals surface area contributed by atoms with E-state index in [0.717, 1.165) is 6.34 Å². The summed E-state index contributed by atoms with van der Waals surface area (Å²) in [5, 5.41) is 15.5. The van der Waals surface area contributed by atoms with Crippen molar-refractivity contribution in [2.45, 2.75) is 0 Å². The van der Waals surface area contributed by atoms with Gasteiger partial charge in [0.1, 0.15) is 18.0 Å². The lowest BCUT2D eigenvalue weighted by Gasteiger charge is -1.97. The van der Waals surface area contributed by atoms with E-state index in [1.165, 1.54) is 0 Å². The second-order valence-electron chi connectivity index (χ2n) is 2.04. The first kappa shape index (κ1) is 6.54. The average molecular weight is 159 g/mol. The molecule has 0 aromatic rings. The van der Waals surface area contributed by atoms with Gasteiger partial charge in [-0.05, 0) is 0 Å².